The maximum atomic E-state index is 13.4. The van der Waals surface area contributed by atoms with E-state index in [2.05, 4.69) is 0 Å². The molecule has 4 rings (SSSR count). The van der Waals surface area contributed by atoms with Crippen molar-refractivity contribution >= 4 is 22.8 Å². The molecule has 5 heteroatoms. The Morgan fingerprint density at radius 3 is 2.40 bits per heavy atom. The van der Waals surface area contributed by atoms with Gasteiger partial charge in [-0.3, -0.25) is 9.36 Å². The first-order valence-corrected chi connectivity index (χ1v) is 9.60. The number of esters is 1. The van der Waals surface area contributed by atoms with Gasteiger partial charge in [-0.25, -0.2) is 4.79 Å². The fraction of sp³-hybridized carbons (Fsp3) is 0.120. The van der Waals surface area contributed by atoms with Crippen LogP contribution in [0.5, 0.6) is 5.75 Å². The van der Waals surface area contributed by atoms with Crippen molar-refractivity contribution in [3.63, 3.8) is 0 Å². The molecule has 4 aromatic rings. The lowest BCUT2D eigenvalue weighted by Gasteiger charge is -2.10. The lowest BCUT2D eigenvalue weighted by atomic mass is 10.1. The number of hydrogen-bond acceptors (Lipinski definition) is 4. The number of nitrogens with zero attached hydrogens (tertiary/aromatic N) is 1. The largest absolute Gasteiger partial charge is 0.489 e. The molecule has 3 aromatic carbocycles. The predicted octanol–water partition coefficient (Wildman–Crippen LogP) is 5.00. The van der Waals surface area contributed by atoms with Gasteiger partial charge in [-0.15, -0.1) is 0 Å². The van der Waals surface area contributed by atoms with Crippen LogP contribution in [0.25, 0.3) is 10.9 Å². The fourth-order valence-corrected chi connectivity index (χ4v) is 3.58. The van der Waals surface area contributed by atoms with Gasteiger partial charge < -0.3 is 9.47 Å². The van der Waals surface area contributed by atoms with Crippen LogP contribution in [0.1, 0.15) is 32.0 Å². The van der Waals surface area contributed by atoms with Crippen molar-refractivity contribution in [1.82, 2.24) is 4.57 Å². The fourth-order valence-electron chi connectivity index (χ4n) is 3.58. The quantitative estimate of drug-likeness (QED) is 0.443. The van der Waals surface area contributed by atoms with Crippen LogP contribution in [-0.4, -0.2) is 23.6 Å². The highest BCUT2D eigenvalue weighted by atomic mass is 16.5. The second-order valence-corrected chi connectivity index (χ2v) is 6.91. The van der Waals surface area contributed by atoms with Crippen LogP contribution in [-0.2, 0) is 11.3 Å². The first kappa shape index (κ1) is 19.5. The zero-order valence-corrected chi connectivity index (χ0v) is 16.8. The van der Waals surface area contributed by atoms with Gasteiger partial charge in [-0.2, -0.15) is 0 Å². The van der Waals surface area contributed by atoms with Crippen molar-refractivity contribution in [1.29, 1.82) is 0 Å². The summed E-state index contributed by atoms with van der Waals surface area (Å²) in [5, 5.41) is 0.687. The number of methoxy groups -OCH3 is 1. The molecule has 30 heavy (non-hydrogen) atoms. The van der Waals surface area contributed by atoms with E-state index >= 15 is 0 Å². The molecule has 0 amide bonds. The van der Waals surface area contributed by atoms with E-state index in [1.165, 1.54) is 7.11 Å². The summed E-state index contributed by atoms with van der Waals surface area (Å²) in [5.41, 5.74) is 3.13. The molecule has 0 fully saturated rings. The van der Waals surface area contributed by atoms with Crippen LogP contribution in [0.15, 0.2) is 78.9 Å². The molecule has 0 radical (unpaired) electrons. The van der Waals surface area contributed by atoms with Crippen molar-refractivity contribution in [3.8, 4) is 5.75 Å². The highest BCUT2D eigenvalue weighted by Gasteiger charge is 2.24. The van der Waals surface area contributed by atoms with Crippen molar-refractivity contribution in [2.24, 2.45) is 0 Å². The predicted molar refractivity (Wildman–Crippen MR) is 115 cm³/mol. The number of carbonyl (C=O) groups is 2. The summed E-state index contributed by atoms with van der Waals surface area (Å²) in [6.07, 6.45) is 0. The maximum Gasteiger partial charge on any atom is 0.340 e. The van der Waals surface area contributed by atoms with Gasteiger partial charge in [0, 0.05) is 16.6 Å². The van der Waals surface area contributed by atoms with Crippen LogP contribution in [0, 0.1) is 6.92 Å². The Balaban J connectivity index is 1.69. The van der Waals surface area contributed by atoms with Gasteiger partial charge in [0.15, 0.2) is 0 Å². The van der Waals surface area contributed by atoms with Crippen LogP contribution in [0.3, 0.4) is 0 Å². The Hall–Kier alpha value is -3.86. The summed E-state index contributed by atoms with van der Waals surface area (Å²) in [7, 11) is 1.34. The van der Waals surface area contributed by atoms with Crippen molar-refractivity contribution in [3.05, 3.63) is 101 Å². The van der Waals surface area contributed by atoms with Crippen molar-refractivity contribution in [2.45, 2.75) is 13.5 Å². The Morgan fingerprint density at radius 1 is 0.900 bits per heavy atom. The highest BCUT2D eigenvalue weighted by Crippen LogP contribution is 2.28. The zero-order chi connectivity index (χ0) is 21.1. The number of hydrogen-bond donors (Lipinski definition) is 0. The number of para-hydroxylation sites is 1. The third kappa shape index (κ3) is 3.57. The normalized spacial score (nSPS) is 10.7. The first-order valence-electron chi connectivity index (χ1n) is 9.60. The van der Waals surface area contributed by atoms with Gasteiger partial charge in [-0.05, 0) is 36.8 Å². The number of fused-ring (bicyclic) bond motifs is 1. The van der Waals surface area contributed by atoms with Crippen LogP contribution < -0.4 is 4.74 Å². The summed E-state index contributed by atoms with van der Waals surface area (Å²) in [6, 6.07) is 24.2. The Labute approximate surface area is 174 Å². The molecule has 0 bridgehead atoms. The summed E-state index contributed by atoms with van der Waals surface area (Å²) in [6.45, 7) is 2.16. The van der Waals surface area contributed by atoms with Gasteiger partial charge in [0.1, 0.15) is 12.4 Å². The molecule has 5 nitrogen and oxygen atoms in total. The molecule has 0 N–H and O–H groups in total. The van der Waals surface area contributed by atoms with Crippen LogP contribution >= 0.6 is 0 Å². The van der Waals surface area contributed by atoms with Gasteiger partial charge in [0.25, 0.3) is 5.91 Å². The zero-order valence-electron chi connectivity index (χ0n) is 16.8. The van der Waals surface area contributed by atoms with E-state index in [1.807, 2.05) is 60.7 Å². The van der Waals surface area contributed by atoms with Crippen molar-refractivity contribution in [2.75, 3.05) is 7.11 Å². The lowest BCUT2D eigenvalue weighted by molar-refractivity contribution is 0.0602. The maximum absolute atomic E-state index is 13.4. The Morgan fingerprint density at radius 2 is 1.63 bits per heavy atom. The number of aromatic nitrogens is 1. The molecule has 0 aliphatic carbocycles. The highest BCUT2D eigenvalue weighted by molar-refractivity contribution is 6.11. The Kier molecular flexibility index (Phi) is 5.35. The number of ether oxygens (including phenoxy) is 2. The molecule has 0 spiro atoms. The summed E-state index contributed by atoms with van der Waals surface area (Å²) >= 11 is 0. The molecule has 1 aromatic heterocycles. The van der Waals surface area contributed by atoms with E-state index < -0.39 is 5.97 Å². The molecule has 0 aliphatic heterocycles. The first-order chi connectivity index (χ1) is 14.6. The van der Waals surface area contributed by atoms with E-state index in [4.69, 9.17) is 9.47 Å². The molecule has 0 saturated heterocycles. The molecular weight excluding hydrogens is 378 g/mol. The lowest BCUT2D eigenvalue weighted by Crippen LogP contribution is -2.14. The molecule has 0 atom stereocenters. The second-order valence-electron chi connectivity index (χ2n) is 6.91. The minimum absolute atomic E-state index is 0.232. The van der Waals surface area contributed by atoms with Crippen molar-refractivity contribution < 1.29 is 19.1 Å². The topological polar surface area (TPSA) is 57.5 Å². The van der Waals surface area contributed by atoms with E-state index in [1.54, 1.807) is 29.7 Å². The molecule has 150 valence electrons. The average molecular weight is 399 g/mol. The van der Waals surface area contributed by atoms with E-state index in [9.17, 15) is 9.59 Å². The Bertz CT molecular complexity index is 1220. The number of benzene rings is 3. The molecule has 0 saturated carbocycles. The number of carbonyl (C=O) groups excluding carboxylic acids is 2. The van der Waals surface area contributed by atoms with Crippen LogP contribution in [0.4, 0.5) is 0 Å². The van der Waals surface area contributed by atoms with Gasteiger partial charge in [0.2, 0.25) is 0 Å². The molecule has 0 aliphatic rings. The third-order valence-corrected chi connectivity index (χ3v) is 5.03. The number of rotatable bonds is 5. The van der Waals surface area contributed by atoms with E-state index in [-0.39, 0.29) is 5.91 Å². The SMILES string of the molecule is COC(=O)c1c(C)n(C(=O)c2cccc(OCc3ccccc3)c2)c2ccccc12. The summed E-state index contributed by atoms with van der Waals surface area (Å²) in [5.74, 6) is -0.0915. The van der Waals surface area contributed by atoms with Crippen LogP contribution in [0.2, 0.25) is 0 Å². The minimum atomic E-state index is -0.463. The average Bonchev–Trinajstić information content (AvgIpc) is 3.09. The monoisotopic (exact) mass is 399 g/mol. The summed E-state index contributed by atoms with van der Waals surface area (Å²) in [4.78, 5) is 25.7. The van der Waals surface area contributed by atoms with E-state index in [0.717, 1.165) is 5.56 Å². The second kappa shape index (κ2) is 8.25. The molecular formula is C25H21NO4. The smallest absolute Gasteiger partial charge is 0.340 e. The summed E-state index contributed by atoms with van der Waals surface area (Å²) < 4.78 is 12.3. The molecule has 1 heterocycles. The van der Waals surface area contributed by atoms with E-state index in [0.29, 0.717) is 40.1 Å². The third-order valence-electron chi connectivity index (χ3n) is 5.03. The minimum Gasteiger partial charge on any atom is -0.489 e. The standard InChI is InChI=1S/C25H21NO4/c1-17-23(25(28)29-2)21-13-6-7-14-22(21)26(17)24(27)19-11-8-12-20(15-19)30-16-18-9-4-3-5-10-18/h3-15H,16H2,1-2H3. The van der Waals surface area contributed by atoms with Gasteiger partial charge >= 0.3 is 5.97 Å². The molecule has 0 unspecified atom stereocenters. The van der Waals surface area contributed by atoms with Gasteiger partial charge in [-0.1, -0.05) is 54.6 Å². The van der Waals surface area contributed by atoms with Gasteiger partial charge in [0.05, 0.1) is 18.2 Å².